The van der Waals surface area contributed by atoms with Crippen molar-refractivity contribution in [2.45, 2.75) is 31.1 Å². The quantitative estimate of drug-likeness (QED) is 0.574. The maximum atomic E-state index is 13.0. The highest BCUT2D eigenvalue weighted by Crippen LogP contribution is 2.28. The molecule has 0 aromatic heterocycles. The molecule has 0 radical (unpaired) electrons. The molecule has 0 aliphatic rings. The normalized spacial score (nSPS) is 13.2. The predicted molar refractivity (Wildman–Crippen MR) is 115 cm³/mol. The summed E-state index contributed by atoms with van der Waals surface area (Å²) in [6, 6.07) is 15.8. The van der Waals surface area contributed by atoms with E-state index in [1.54, 1.807) is 12.1 Å². The minimum Gasteiger partial charge on any atom is -0.329 e. The second kappa shape index (κ2) is 11.2. The molecule has 0 fully saturated rings. The number of carbonyl (C=O) groups is 1. The molecule has 2 unspecified atom stereocenters. The summed E-state index contributed by atoms with van der Waals surface area (Å²) in [6.07, 6.45) is 0.852. The largest absolute Gasteiger partial charge is 0.329 e. The van der Waals surface area contributed by atoms with Gasteiger partial charge in [-0.25, -0.2) is 13.1 Å². The third-order valence-corrected chi connectivity index (χ3v) is 5.96. The van der Waals surface area contributed by atoms with E-state index in [4.69, 9.17) is 5.73 Å². The van der Waals surface area contributed by atoms with Crippen molar-refractivity contribution in [3.63, 3.8) is 0 Å². The van der Waals surface area contributed by atoms with Crippen LogP contribution >= 0.6 is 12.4 Å². The summed E-state index contributed by atoms with van der Waals surface area (Å²) < 4.78 is 26.9. The van der Waals surface area contributed by atoms with E-state index in [0.29, 0.717) is 5.69 Å². The Morgan fingerprint density at radius 2 is 1.79 bits per heavy atom. The van der Waals surface area contributed by atoms with Gasteiger partial charge in [-0.1, -0.05) is 56.7 Å². The molecule has 0 bridgehead atoms. The molecule has 8 heteroatoms. The number of benzene rings is 2. The standard InChI is InChI=1S/C20H27N3O3S.ClH/c1-3-15(2)19(16-8-5-4-6-9-16)20(24)23-17-10-7-11-18(14-17)27(25,26)22-13-12-21;/h4-11,14-15,19,22H,3,12-13,21H2,1-2H3,(H,23,24);1H. The Morgan fingerprint density at radius 1 is 1.11 bits per heavy atom. The fourth-order valence-corrected chi connectivity index (χ4v) is 3.97. The lowest BCUT2D eigenvalue weighted by atomic mass is 9.85. The van der Waals surface area contributed by atoms with Crippen LogP contribution in [0.25, 0.3) is 0 Å². The molecule has 0 aliphatic heterocycles. The van der Waals surface area contributed by atoms with Gasteiger partial charge in [0.05, 0.1) is 10.8 Å². The summed E-state index contributed by atoms with van der Waals surface area (Å²) in [5.74, 6) is -0.322. The Bertz CT molecular complexity index is 860. The number of rotatable bonds is 9. The van der Waals surface area contributed by atoms with Crippen LogP contribution in [0.3, 0.4) is 0 Å². The second-order valence-corrected chi connectivity index (χ2v) is 8.24. The number of hydrogen-bond donors (Lipinski definition) is 3. The summed E-state index contributed by atoms with van der Waals surface area (Å²) in [5.41, 5.74) is 6.74. The van der Waals surface area contributed by atoms with Gasteiger partial charge in [0.15, 0.2) is 0 Å². The maximum absolute atomic E-state index is 13.0. The zero-order valence-corrected chi connectivity index (χ0v) is 17.7. The van der Waals surface area contributed by atoms with Gasteiger partial charge in [0.2, 0.25) is 15.9 Å². The second-order valence-electron chi connectivity index (χ2n) is 6.48. The van der Waals surface area contributed by atoms with Crippen LogP contribution < -0.4 is 15.8 Å². The third kappa shape index (κ3) is 6.31. The number of amides is 1. The fourth-order valence-electron chi connectivity index (χ4n) is 2.87. The van der Waals surface area contributed by atoms with Gasteiger partial charge in [0.25, 0.3) is 0 Å². The summed E-state index contributed by atoms with van der Waals surface area (Å²) in [4.78, 5) is 13.0. The van der Waals surface area contributed by atoms with Crippen molar-refractivity contribution in [1.29, 1.82) is 0 Å². The first-order valence-electron chi connectivity index (χ1n) is 9.04. The highest BCUT2D eigenvalue weighted by molar-refractivity contribution is 7.89. The molecule has 0 saturated carbocycles. The van der Waals surface area contributed by atoms with Gasteiger partial charge in [0.1, 0.15) is 0 Å². The smallest absolute Gasteiger partial charge is 0.240 e. The highest BCUT2D eigenvalue weighted by Gasteiger charge is 2.26. The van der Waals surface area contributed by atoms with Crippen molar-refractivity contribution in [1.82, 2.24) is 4.72 Å². The molecule has 2 aromatic carbocycles. The fraction of sp³-hybridized carbons (Fsp3) is 0.350. The van der Waals surface area contributed by atoms with Gasteiger partial charge >= 0.3 is 0 Å². The van der Waals surface area contributed by atoms with E-state index in [1.165, 1.54) is 12.1 Å². The first-order chi connectivity index (χ1) is 12.9. The van der Waals surface area contributed by atoms with Crippen molar-refractivity contribution in [3.05, 3.63) is 60.2 Å². The van der Waals surface area contributed by atoms with E-state index in [0.717, 1.165) is 12.0 Å². The van der Waals surface area contributed by atoms with Gasteiger partial charge in [-0.05, 0) is 29.7 Å². The van der Waals surface area contributed by atoms with Crippen molar-refractivity contribution < 1.29 is 13.2 Å². The van der Waals surface area contributed by atoms with Crippen LogP contribution in [0, 0.1) is 5.92 Å². The van der Waals surface area contributed by atoms with E-state index >= 15 is 0 Å². The third-order valence-electron chi connectivity index (χ3n) is 4.50. The maximum Gasteiger partial charge on any atom is 0.240 e. The molecule has 154 valence electrons. The number of anilines is 1. The lowest BCUT2D eigenvalue weighted by molar-refractivity contribution is -0.118. The number of halogens is 1. The van der Waals surface area contributed by atoms with Gasteiger partial charge in [0, 0.05) is 18.8 Å². The summed E-state index contributed by atoms with van der Waals surface area (Å²) in [6.45, 7) is 4.45. The van der Waals surface area contributed by atoms with E-state index in [-0.39, 0.29) is 48.1 Å². The Labute approximate surface area is 173 Å². The number of nitrogens with one attached hydrogen (secondary N) is 2. The molecule has 1 amide bonds. The van der Waals surface area contributed by atoms with Crippen LogP contribution in [-0.4, -0.2) is 27.4 Å². The van der Waals surface area contributed by atoms with Crippen molar-refractivity contribution >= 4 is 34.0 Å². The molecule has 0 saturated heterocycles. The predicted octanol–water partition coefficient (Wildman–Crippen LogP) is 3.11. The van der Waals surface area contributed by atoms with Gasteiger partial charge < -0.3 is 11.1 Å². The Hall–Kier alpha value is -1.93. The summed E-state index contributed by atoms with van der Waals surface area (Å²) in [7, 11) is -3.66. The SMILES string of the molecule is CCC(C)C(C(=O)Nc1cccc(S(=O)(=O)NCCN)c1)c1ccccc1.Cl. The summed E-state index contributed by atoms with van der Waals surface area (Å²) in [5, 5.41) is 2.87. The Balaban J connectivity index is 0.00000392. The van der Waals surface area contributed by atoms with Crippen molar-refractivity contribution in [2.75, 3.05) is 18.4 Å². The molecule has 0 aliphatic carbocycles. The van der Waals surface area contributed by atoms with E-state index in [9.17, 15) is 13.2 Å². The highest BCUT2D eigenvalue weighted by atomic mass is 35.5. The average Bonchev–Trinajstić information content (AvgIpc) is 2.67. The van der Waals surface area contributed by atoms with Crippen LogP contribution in [0.5, 0.6) is 0 Å². The Morgan fingerprint density at radius 3 is 2.39 bits per heavy atom. The molecule has 4 N–H and O–H groups in total. The first kappa shape index (κ1) is 24.1. The van der Waals surface area contributed by atoms with Gasteiger partial charge in [-0.15, -0.1) is 12.4 Å². The average molecular weight is 426 g/mol. The first-order valence-corrected chi connectivity index (χ1v) is 10.5. The lowest BCUT2D eigenvalue weighted by Crippen LogP contribution is -2.29. The van der Waals surface area contributed by atoms with Crippen LogP contribution in [0.15, 0.2) is 59.5 Å². The molecule has 2 atom stereocenters. The number of nitrogens with two attached hydrogens (primary N) is 1. The lowest BCUT2D eigenvalue weighted by Gasteiger charge is -2.23. The number of sulfonamides is 1. The molecular formula is C20H28ClN3O3S. The minimum atomic E-state index is -3.66. The molecule has 2 rings (SSSR count). The zero-order valence-electron chi connectivity index (χ0n) is 16.1. The van der Waals surface area contributed by atoms with E-state index in [1.807, 2.05) is 44.2 Å². The van der Waals surface area contributed by atoms with Crippen LogP contribution in [0.4, 0.5) is 5.69 Å². The Kier molecular flexibility index (Phi) is 9.61. The monoisotopic (exact) mass is 425 g/mol. The molecule has 0 heterocycles. The minimum absolute atomic E-state index is 0. The van der Waals surface area contributed by atoms with Crippen LogP contribution in [0.1, 0.15) is 31.7 Å². The molecule has 28 heavy (non-hydrogen) atoms. The van der Waals surface area contributed by atoms with Crippen molar-refractivity contribution in [3.8, 4) is 0 Å². The van der Waals surface area contributed by atoms with Crippen molar-refractivity contribution in [2.24, 2.45) is 11.7 Å². The number of carbonyl (C=O) groups excluding carboxylic acids is 1. The molecule has 2 aromatic rings. The van der Waals surface area contributed by atoms with E-state index in [2.05, 4.69) is 10.0 Å². The van der Waals surface area contributed by atoms with Gasteiger partial charge in [-0.3, -0.25) is 4.79 Å². The van der Waals surface area contributed by atoms with Crippen LogP contribution in [-0.2, 0) is 14.8 Å². The zero-order chi connectivity index (χ0) is 19.9. The summed E-state index contributed by atoms with van der Waals surface area (Å²) >= 11 is 0. The molecule has 0 spiro atoms. The molecular weight excluding hydrogens is 398 g/mol. The van der Waals surface area contributed by atoms with Crippen LogP contribution in [0.2, 0.25) is 0 Å². The van der Waals surface area contributed by atoms with Gasteiger partial charge in [-0.2, -0.15) is 0 Å². The molecule has 6 nitrogen and oxygen atoms in total. The number of hydrogen-bond acceptors (Lipinski definition) is 4. The van der Waals surface area contributed by atoms with E-state index < -0.39 is 10.0 Å². The topological polar surface area (TPSA) is 101 Å².